The minimum absolute atomic E-state index is 0.109. The first kappa shape index (κ1) is 24.4. The Hall–Kier alpha value is -2.82. The van der Waals surface area contributed by atoms with Crippen molar-refractivity contribution in [3.05, 3.63) is 64.7 Å². The van der Waals surface area contributed by atoms with E-state index in [1.807, 2.05) is 84.0 Å². The maximum absolute atomic E-state index is 13.2. The molecule has 0 spiro atoms. The van der Waals surface area contributed by atoms with E-state index in [2.05, 4.69) is 5.32 Å². The fourth-order valence-electron chi connectivity index (χ4n) is 3.26. The lowest BCUT2D eigenvalue weighted by Gasteiger charge is -2.31. The van der Waals surface area contributed by atoms with Crippen LogP contribution in [0.25, 0.3) is 0 Å². The molecule has 2 aromatic rings. The lowest BCUT2D eigenvalue weighted by molar-refractivity contribution is -0.143. The molecule has 168 valence electrons. The summed E-state index contributed by atoms with van der Waals surface area (Å²) in [5, 5.41) is 2.98. The summed E-state index contributed by atoms with van der Waals surface area (Å²) in [6.07, 6.45) is 0.533. The highest BCUT2D eigenvalue weighted by Gasteiger charge is 2.29. The summed E-state index contributed by atoms with van der Waals surface area (Å²) < 4.78 is 5.79. The molecule has 2 rings (SSSR count). The van der Waals surface area contributed by atoms with Gasteiger partial charge in [0.05, 0.1) is 0 Å². The molecule has 0 aliphatic heterocycles. The standard InChI is InChI=1S/C26H36N2O3/c1-7-24(26(30)27-15-18(2)3)28(16-22-11-8-19(4)9-12-22)25(29)17-31-23-13-10-20(5)21(6)14-23/h8-14,18,24H,7,15-17H2,1-6H3,(H,27,30). The lowest BCUT2D eigenvalue weighted by Crippen LogP contribution is -2.50. The first-order valence-corrected chi connectivity index (χ1v) is 11.0. The van der Waals surface area contributed by atoms with E-state index in [1.165, 1.54) is 5.56 Å². The minimum Gasteiger partial charge on any atom is -0.484 e. The molecule has 2 aromatic carbocycles. The Morgan fingerprint density at radius 3 is 2.26 bits per heavy atom. The molecule has 0 saturated heterocycles. The van der Waals surface area contributed by atoms with E-state index in [-0.39, 0.29) is 18.4 Å². The third-order valence-corrected chi connectivity index (χ3v) is 5.38. The molecule has 2 amide bonds. The van der Waals surface area contributed by atoms with Crippen molar-refractivity contribution in [3.63, 3.8) is 0 Å². The summed E-state index contributed by atoms with van der Waals surface area (Å²) in [6, 6.07) is 13.3. The second-order valence-corrected chi connectivity index (χ2v) is 8.61. The van der Waals surface area contributed by atoms with Gasteiger partial charge in [0.25, 0.3) is 5.91 Å². The Kier molecular flexibility index (Phi) is 9.10. The van der Waals surface area contributed by atoms with Crippen LogP contribution in [-0.2, 0) is 16.1 Å². The average Bonchev–Trinajstić information content (AvgIpc) is 2.74. The Balaban J connectivity index is 2.19. The van der Waals surface area contributed by atoms with E-state index in [0.717, 1.165) is 16.7 Å². The summed E-state index contributed by atoms with van der Waals surface area (Å²) in [5.74, 6) is 0.674. The van der Waals surface area contributed by atoms with Gasteiger partial charge in [0.15, 0.2) is 6.61 Å². The summed E-state index contributed by atoms with van der Waals surface area (Å²) in [7, 11) is 0. The molecule has 1 unspecified atom stereocenters. The maximum atomic E-state index is 13.2. The number of carbonyl (C=O) groups excluding carboxylic acids is 2. The summed E-state index contributed by atoms with van der Waals surface area (Å²) in [6.45, 7) is 12.9. The third-order valence-electron chi connectivity index (χ3n) is 5.38. The van der Waals surface area contributed by atoms with Gasteiger partial charge in [0, 0.05) is 13.1 Å². The van der Waals surface area contributed by atoms with E-state index < -0.39 is 6.04 Å². The number of nitrogens with one attached hydrogen (secondary N) is 1. The van der Waals surface area contributed by atoms with Crippen molar-refractivity contribution in [1.29, 1.82) is 0 Å². The van der Waals surface area contributed by atoms with Crippen LogP contribution in [0.3, 0.4) is 0 Å². The van der Waals surface area contributed by atoms with Crippen LogP contribution in [0.4, 0.5) is 0 Å². The molecule has 31 heavy (non-hydrogen) atoms. The van der Waals surface area contributed by atoms with Crippen LogP contribution in [-0.4, -0.2) is 35.9 Å². The van der Waals surface area contributed by atoms with Crippen molar-refractivity contribution in [1.82, 2.24) is 10.2 Å². The molecule has 0 heterocycles. The van der Waals surface area contributed by atoms with Gasteiger partial charge in [0.2, 0.25) is 5.91 Å². The first-order valence-electron chi connectivity index (χ1n) is 11.0. The van der Waals surface area contributed by atoms with Gasteiger partial charge in [-0.3, -0.25) is 9.59 Å². The van der Waals surface area contributed by atoms with Crippen molar-refractivity contribution in [2.75, 3.05) is 13.2 Å². The zero-order chi connectivity index (χ0) is 23.0. The Morgan fingerprint density at radius 1 is 1.00 bits per heavy atom. The van der Waals surface area contributed by atoms with E-state index in [1.54, 1.807) is 4.90 Å². The van der Waals surface area contributed by atoms with Crippen LogP contribution in [0.15, 0.2) is 42.5 Å². The predicted molar refractivity (Wildman–Crippen MR) is 125 cm³/mol. The monoisotopic (exact) mass is 424 g/mol. The van der Waals surface area contributed by atoms with Crippen LogP contribution >= 0.6 is 0 Å². The highest BCUT2D eigenvalue weighted by atomic mass is 16.5. The van der Waals surface area contributed by atoms with Crippen LogP contribution in [0.1, 0.15) is 49.4 Å². The van der Waals surface area contributed by atoms with Gasteiger partial charge in [-0.25, -0.2) is 0 Å². The highest BCUT2D eigenvalue weighted by Crippen LogP contribution is 2.18. The van der Waals surface area contributed by atoms with E-state index in [0.29, 0.717) is 31.2 Å². The van der Waals surface area contributed by atoms with Gasteiger partial charge < -0.3 is 15.0 Å². The van der Waals surface area contributed by atoms with Gasteiger partial charge in [-0.1, -0.05) is 56.7 Å². The first-order chi connectivity index (χ1) is 14.7. The van der Waals surface area contributed by atoms with Crippen molar-refractivity contribution >= 4 is 11.8 Å². The molecule has 1 N–H and O–H groups in total. The van der Waals surface area contributed by atoms with E-state index >= 15 is 0 Å². The number of aryl methyl sites for hydroxylation is 3. The van der Waals surface area contributed by atoms with Crippen LogP contribution in [0.5, 0.6) is 5.75 Å². The molecule has 0 aromatic heterocycles. The zero-order valence-electron chi connectivity index (χ0n) is 19.7. The van der Waals surface area contributed by atoms with Gasteiger partial charge in [0.1, 0.15) is 11.8 Å². The van der Waals surface area contributed by atoms with Crippen molar-refractivity contribution in [3.8, 4) is 5.75 Å². The summed E-state index contributed by atoms with van der Waals surface area (Å²) >= 11 is 0. The SMILES string of the molecule is CCC(C(=O)NCC(C)C)N(Cc1ccc(C)cc1)C(=O)COc1ccc(C)c(C)c1. The maximum Gasteiger partial charge on any atom is 0.261 e. The zero-order valence-corrected chi connectivity index (χ0v) is 19.7. The molecule has 5 heteroatoms. The van der Waals surface area contributed by atoms with Gasteiger partial charge >= 0.3 is 0 Å². The smallest absolute Gasteiger partial charge is 0.261 e. The fraction of sp³-hybridized carbons (Fsp3) is 0.462. The molecule has 0 bridgehead atoms. The Morgan fingerprint density at radius 2 is 1.68 bits per heavy atom. The molecule has 1 atom stereocenters. The van der Waals surface area contributed by atoms with Crippen molar-refractivity contribution in [2.45, 2.75) is 60.5 Å². The molecule has 5 nitrogen and oxygen atoms in total. The Bertz CT molecular complexity index is 875. The highest BCUT2D eigenvalue weighted by molar-refractivity contribution is 5.88. The minimum atomic E-state index is -0.545. The Labute approximate surface area is 186 Å². The lowest BCUT2D eigenvalue weighted by atomic mass is 10.1. The number of nitrogens with zero attached hydrogens (tertiary/aromatic N) is 1. The van der Waals surface area contributed by atoms with Crippen LogP contribution < -0.4 is 10.1 Å². The number of hydrogen-bond donors (Lipinski definition) is 1. The molecule has 0 aliphatic carbocycles. The quantitative estimate of drug-likeness (QED) is 0.608. The molecule has 0 radical (unpaired) electrons. The second kappa shape index (κ2) is 11.5. The van der Waals surface area contributed by atoms with E-state index in [4.69, 9.17) is 4.74 Å². The number of benzene rings is 2. The largest absolute Gasteiger partial charge is 0.484 e. The predicted octanol–water partition coefficient (Wildman–Crippen LogP) is 4.57. The van der Waals surface area contributed by atoms with Gasteiger partial charge in [-0.2, -0.15) is 0 Å². The normalized spacial score (nSPS) is 11.8. The van der Waals surface area contributed by atoms with Crippen LogP contribution in [0.2, 0.25) is 0 Å². The number of rotatable bonds is 10. The molecular weight excluding hydrogens is 388 g/mol. The third kappa shape index (κ3) is 7.42. The number of ether oxygens (including phenoxy) is 1. The van der Waals surface area contributed by atoms with Gasteiger partial charge in [-0.15, -0.1) is 0 Å². The van der Waals surface area contributed by atoms with Crippen molar-refractivity contribution < 1.29 is 14.3 Å². The van der Waals surface area contributed by atoms with Gasteiger partial charge in [-0.05, 0) is 61.9 Å². The average molecular weight is 425 g/mol. The molecule has 0 fully saturated rings. The van der Waals surface area contributed by atoms with Crippen molar-refractivity contribution in [2.24, 2.45) is 5.92 Å². The topological polar surface area (TPSA) is 58.6 Å². The molecule has 0 aliphatic rings. The second-order valence-electron chi connectivity index (χ2n) is 8.61. The summed E-state index contributed by atoms with van der Waals surface area (Å²) in [4.78, 5) is 27.7. The number of hydrogen-bond acceptors (Lipinski definition) is 3. The molecule has 0 saturated carbocycles. The van der Waals surface area contributed by atoms with Crippen LogP contribution in [0, 0.1) is 26.7 Å². The fourth-order valence-corrected chi connectivity index (χ4v) is 3.26. The number of carbonyl (C=O) groups is 2. The number of amides is 2. The summed E-state index contributed by atoms with van der Waals surface area (Å²) in [5.41, 5.74) is 4.43. The van der Waals surface area contributed by atoms with E-state index in [9.17, 15) is 9.59 Å². The molecular formula is C26H36N2O3.